The number of rotatable bonds is 3. The summed E-state index contributed by atoms with van der Waals surface area (Å²) in [7, 11) is -1.34. The molecule has 0 radical (unpaired) electrons. The van der Waals surface area contributed by atoms with E-state index >= 15 is 0 Å². The minimum Gasteiger partial charge on any atom is -0.426 e. The van der Waals surface area contributed by atoms with Crippen LogP contribution in [0.1, 0.15) is 20.8 Å². The molecule has 3 heteroatoms. The maximum absolute atomic E-state index is 8.99. The van der Waals surface area contributed by atoms with Crippen molar-refractivity contribution in [1.29, 1.82) is 0 Å². The van der Waals surface area contributed by atoms with Crippen molar-refractivity contribution < 1.29 is 10.0 Å². The Morgan fingerprint density at radius 1 is 1.09 bits per heavy atom. The van der Waals surface area contributed by atoms with E-state index in [2.05, 4.69) is 0 Å². The molecule has 2 nitrogen and oxygen atoms in total. The zero-order valence-corrected chi connectivity index (χ0v) is 7.28. The second-order valence-corrected chi connectivity index (χ2v) is 2.74. The zero-order chi connectivity index (χ0) is 8.91. The van der Waals surface area contributed by atoms with Gasteiger partial charge in [0.05, 0.1) is 0 Å². The summed E-state index contributed by atoms with van der Waals surface area (Å²) in [6.07, 6.45) is 7.13. The molecule has 0 spiro atoms. The van der Waals surface area contributed by atoms with Crippen molar-refractivity contribution in [3.8, 4) is 0 Å². The van der Waals surface area contributed by atoms with E-state index in [1.165, 1.54) is 0 Å². The fourth-order valence-electron chi connectivity index (χ4n) is 0.946. The standard InChI is InChI=1S/C8H15BO2/c1-4-6-8(3,7-5-2)9(10)11/h4-7,10-11H,1-3H3. The van der Waals surface area contributed by atoms with Crippen molar-refractivity contribution in [2.75, 3.05) is 0 Å². The second-order valence-electron chi connectivity index (χ2n) is 2.74. The van der Waals surface area contributed by atoms with E-state index in [0.29, 0.717) is 0 Å². The summed E-state index contributed by atoms with van der Waals surface area (Å²) in [4.78, 5) is 0. The van der Waals surface area contributed by atoms with Crippen LogP contribution in [0.4, 0.5) is 0 Å². The maximum Gasteiger partial charge on any atom is 0.465 e. The van der Waals surface area contributed by atoms with Crippen molar-refractivity contribution in [3.05, 3.63) is 24.3 Å². The van der Waals surface area contributed by atoms with Crippen LogP contribution in [0, 0.1) is 0 Å². The minimum atomic E-state index is -1.34. The largest absolute Gasteiger partial charge is 0.465 e. The molecule has 2 N–H and O–H groups in total. The number of allylic oxidation sites excluding steroid dienone is 4. The van der Waals surface area contributed by atoms with Crippen molar-refractivity contribution in [1.82, 2.24) is 0 Å². The van der Waals surface area contributed by atoms with Crippen molar-refractivity contribution in [2.24, 2.45) is 0 Å². The van der Waals surface area contributed by atoms with E-state index in [1.54, 1.807) is 31.2 Å². The van der Waals surface area contributed by atoms with Crippen LogP contribution in [-0.2, 0) is 0 Å². The fraction of sp³-hybridized carbons (Fsp3) is 0.500. The van der Waals surface area contributed by atoms with Gasteiger partial charge in [-0.25, -0.2) is 0 Å². The molecule has 0 fully saturated rings. The molecule has 0 amide bonds. The third kappa shape index (κ3) is 2.91. The van der Waals surface area contributed by atoms with Gasteiger partial charge in [-0.2, -0.15) is 0 Å². The van der Waals surface area contributed by atoms with Crippen LogP contribution in [0.3, 0.4) is 0 Å². The third-order valence-corrected chi connectivity index (χ3v) is 1.61. The first kappa shape index (κ1) is 10.5. The van der Waals surface area contributed by atoms with Gasteiger partial charge in [-0.3, -0.25) is 0 Å². The summed E-state index contributed by atoms with van der Waals surface area (Å²) in [5, 5.41) is 17.3. The highest BCUT2D eigenvalue weighted by Gasteiger charge is 2.31. The molecule has 0 aromatic rings. The smallest absolute Gasteiger partial charge is 0.426 e. The van der Waals surface area contributed by atoms with E-state index in [-0.39, 0.29) is 0 Å². The molecule has 0 saturated carbocycles. The van der Waals surface area contributed by atoms with Gasteiger partial charge in [0.1, 0.15) is 0 Å². The molecule has 0 heterocycles. The molecular formula is C8H15BO2. The highest BCUT2D eigenvalue weighted by atomic mass is 16.4. The molecule has 0 aliphatic carbocycles. The van der Waals surface area contributed by atoms with Crippen LogP contribution in [0.25, 0.3) is 0 Å². The highest BCUT2D eigenvalue weighted by molar-refractivity contribution is 6.47. The van der Waals surface area contributed by atoms with E-state index in [9.17, 15) is 0 Å². The Hall–Kier alpha value is -0.535. The number of hydrogen-bond donors (Lipinski definition) is 2. The molecule has 0 atom stereocenters. The van der Waals surface area contributed by atoms with Crippen LogP contribution in [0.15, 0.2) is 24.3 Å². The highest BCUT2D eigenvalue weighted by Crippen LogP contribution is 2.30. The summed E-state index contributed by atoms with van der Waals surface area (Å²) >= 11 is 0. The Bertz CT molecular complexity index is 149. The molecular weight excluding hydrogens is 139 g/mol. The van der Waals surface area contributed by atoms with Crippen molar-refractivity contribution >= 4 is 7.12 Å². The zero-order valence-electron chi connectivity index (χ0n) is 7.28. The molecule has 0 aromatic carbocycles. The molecule has 0 aliphatic rings. The lowest BCUT2D eigenvalue weighted by molar-refractivity contribution is 0.382. The van der Waals surface area contributed by atoms with Crippen molar-refractivity contribution in [2.45, 2.75) is 26.1 Å². The van der Waals surface area contributed by atoms with Gasteiger partial charge in [-0.15, -0.1) is 0 Å². The minimum absolute atomic E-state index is 0.649. The molecule has 0 aromatic heterocycles. The van der Waals surface area contributed by atoms with Gasteiger partial charge in [-0.1, -0.05) is 31.2 Å². The van der Waals surface area contributed by atoms with Gasteiger partial charge < -0.3 is 10.0 Å². The summed E-state index contributed by atoms with van der Waals surface area (Å²) in [6, 6.07) is 0. The molecule has 0 aliphatic heterocycles. The fourth-order valence-corrected chi connectivity index (χ4v) is 0.946. The van der Waals surface area contributed by atoms with Gasteiger partial charge >= 0.3 is 7.12 Å². The third-order valence-electron chi connectivity index (χ3n) is 1.61. The van der Waals surface area contributed by atoms with Crippen LogP contribution in [0.2, 0.25) is 5.31 Å². The van der Waals surface area contributed by atoms with Crippen LogP contribution >= 0.6 is 0 Å². The Labute approximate surface area is 68.4 Å². The SMILES string of the molecule is CC=CC(C)(C=CC)B(O)O. The Balaban J connectivity index is 4.51. The summed E-state index contributed by atoms with van der Waals surface area (Å²) in [5.74, 6) is 0. The molecule has 62 valence electrons. The normalized spacial score (nSPS) is 17.5. The maximum atomic E-state index is 8.99. The molecule has 0 saturated heterocycles. The molecule has 0 bridgehead atoms. The quantitative estimate of drug-likeness (QED) is 0.476. The second kappa shape index (κ2) is 4.37. The molecule has 11 heavy (non-hydrogen) atoms. The van der Waals surface area contributed by atoms with Gasteiger partial charge in [0.2, 0.25) is 0 Å². The first-order chi connectivity index (χ1) is 5.06. The Morgan fingerprint density at radius 3 is 1.64 bits per heavy atom. The van der Waals surface area contributed by atoms with E-state index in [0.717, 1.165) is 0 Å². The Morgan fingerprint density at radius 2 is 1.45 bits per heavy atom. The van der Waals surface area contributed by atoms with Gasteiger partial charge in [-0.05, 0) is 13.8 Å². The summed E-state index contributed by atoms with van der Waals surface area (Å²) in [6.45, 7) is 5.46. The predicted molar refractivity (Wildman–Crippen MR) is 48.2 cm³/mol. The van der Waals surface area contributed by atoms with Crippen LogP contribution in [-0.4, -0.2) is 17.2 Å². The van der Waals surface area contributed by atoms with Gasteiger partial charge in [0, 0.05) is 5.31 Å². The average Bonchev–Trinajstić information content (AvgIpc) is 1.88. The van der Waals surface area contributed by atoms with Gasteiger partial charge in [0.15, 0.2) is 0 Å². The summed E-state index contributed by atoms with van der Waals surface area (Å²) in [5.41, 5.74) is 0. The van der Waals surface area contributed by atoms with E-state index in [4.69, 9.17) is 10.0 Å². The summed E-state index contributed by atoms with van der Waals surface area (Å²) < 4.78 is 0. The van der Waals surface area contributed by atoms with Crippen molar-refractivity contribution in [3.63, 3.8) is 0 Å². The van der Waals surface area contributed by atoms with Gasteiger partial charge in [0.25, 0.3) is 0 Å². The Kier molecular flexibility index (Phi) is 4.15. The monoisotopic (exact) mass is 154 g/mol. The van der Waals surface area contributed by atoms with Crippen LogP contribution in [0.5, 0.6) is 0 Å². The lowest BCUT2D eigenvalue weighted by atomic mass is 9.59. The topological polar surface area (TPSA) is 40.5 Å². The van der Waals surface area contributed by atoms with E-state index < -0.39 is 12.4 Å². The van der Waals surface area contributed by atoms with Crippen LogP contribution < -0.4 is 0 Å². The first-order valence-electron chi connectivity index (χ1n) is 3.70. The first-order valence-corrected chi connectivity index (χ1v) is 3.70. The molecule has 0 rings (SSSR count). The predicted octanol–water partition coefficient (Wildman–Crippen LogP) is 1.37. The lowest BCUT2D eigenvalue weighted by Crippen LogP contribution is -2.26. The van der Waals surface area contributed by atoms with E-state index in [1.807, 2.05) is 13.8 Å². The number of hydrogen-bond acceptors (Lipinski definition) is 2. The average molecular weight is 154 g/mol. The molecule has 0 unspecified atom stereocenters. The lowest BCUT2D eigenvalue weighted by Gasteiger charge is -2.19.